The van der Waals surface area contributed by atoms with Gasteiger partial charge >= 0.3 is 0 Å². The SMILES string of the molecule is Fc1cccc(-c2nc(Cl)c3ccc(Cl)cc3n2)c1F. The third-order valence-corrected chi connectivity index (χ3v) is 3.33. The minimum absolute atomic E-state index is 0.0155. The maximum atomic E-state index is 13.8. The molecule has 0 spiro atoms. The Labute approximate surface area is 123 Å². The zero-order valence-electron chi connectivity index (χ0n) is 9.87. The molecule has 0 aliphatic heterocycles. The molecule has 0 atom stereocenters. The molecule has 0 fully saturated rings. The number of fused-ring (bicyclic) bond motifs is 1. The predicted molar refractivity (Wildman–Crippen MR) is 74.9 cm³/mol. The maximum Gasteiger partial charge on any atom is 0.169 e. The summed E-state index contributed by atoms with van der Waals surface area (Å²) in [6.07, 6.45) is 0. The lowest BCUT2D eigenvalue weighted by molar-refractivity contribution is 0.510. The van der Waals surface area contributed by atoms with E-state index in [2.05, 4.69) is 9.97 Å². The van der Waals surface area contributed by atoms with Crippen LogP contribution in [0.3, 0.4) is 0 Å². The largest absolute Gasteiger partial charge is 0.228 e. The number of benzene rings is 2. The van der Waals surface area contributed by atoms with Crippen molar-refractivity contribution in [3.8, 4) is 11.4 Å². The quantitative estimate of drug-likeness (QED) is 0.598. The Hall–Kier alpha value is -1.78. The van der Waals surface area contributed by atoms with Crippen molar-refractivity contribution in [3.05, 3.63) is 58.2 Å². The molecule has 0 amide bonds. The Morgan fingerprint density at radius 1 is 0.950 bits per heavy atom. The van der Waals surface area contributed by atoms with Crippen LogP contribution in [0.15, 0.2) is 36.4 Å². The van der Waals surface area contributed by atoms with Gasteiger partial charge in [-0.1, -0.05) is 29.3 Å². The lowest BCUT2D eigenvalue weighted by Crippen LogP contribution is -1.96. The van der Waals surface area contributed by atoms with E-state index >= 15 is 0 Å². The summed E-state index contributed by atoms with van der Waals surface area (Å²) in [6.45, 7) is 0. The van der Waals surface area contributed by atoms with Crippen molar-refractivity contribution in [2.45, 2.75) is 0 Å². The second kappa shape index (κ2) is 4.96. The van der Waals surface area contributed by atoms with Gasteiger partial charge in [0, 0.05) is 10.4 Å². The molecule has 3 rings (SSSR count). The van der Waals surface area contributed by atoms with Crippen molar-refractivity contribution >= 4 is 34.1 Å². The van der Waals surface area contributed by atoms with Gasteiger partial charge in [0.2, 0.25) is 0 Å². The van der Waals surface area contributed by atoms with Gasteiger partial charge in [-0.2, -0.15) is 0 Å². The molecule has 0 aliphatic rings. The molecule has 3 aromatic rings. The highest BCUT2D eigenvalue weighted by Gasteiger charge is 2.14. The number of halogens is 4. The van der Waals surface area contributed by atoms with Crippen molar-refractivity contribution in [1.29, 1.82) is 0 Å². The van der Waals surface area contributed by atoms with Gasteiger partial charge in [0.15, 0.2) is 17.5 Å². The summed E-state index contributed by atoms with van der Waals surface area (Å²) in [5.74, 6) is -1.96. The Bertz CT molecular complexity index is 822. The van der Waals surface area contributed by atoms with Crippen molar-refractivity contribution < 1.29 is 8.78 Å². The molecule has 0 radical (unpaired) electrons. The van der Waals surface area contributed by atoms with E-state index in [0.717, 1.165) is 6.07 Å². The summed E-state index contributed by atoms with van der Waals surface area (Å²) >= 11 is 11.9. The van der Waals surface area contributed by atoms with Crippen LogP contribution < -0.4 is 0 Å². The molecule has 1 aromatic heterocycles. The van der Waals surface area contributed by atoms with Crippen LogP contribution in [-0.4, -0.2) is 9.97 Å². The summed E-state index contributed by atoms with van der Waals surface area (Å²) in [4.78, 5) is 8.19. The summed E-state index contributed by atoms with van der Waals surface area (Å²) in [7, 11) is 0. The van der Waals surface area contributed by atoms with Gasteiger partial charge in [0.25, 0.3) is 0 Å². The Kier molecular flexibility index (Phi) is 3.28. The smallest absolute Gasteiger partial charge is 0.169 e. The first-order valence-corrected chi connectivity index (χ1v) is 6.39. The Morgan fingerprint density at radius 2 is 1.75 bits per heavy atom. The topological polar surface area (TPSA) is 25.8 Å². The van der Waals surface area contributed by atoms with Gasteiger partial charge < -0.3 is 0 Å². The average molecular weight is 311 g/mol. The molecule has 0 N–H and O–H groups in total. The van der Waals surface area contributed by atoms with Crippen LogP contribution in [0.1, 0.15) is 0 Å². The highest BCUT2D eigenvalue weighted by molar-refractivity contribution is 6.35. The zero-order valence-corrected chi connectivity index (χ0v) is 11.4. The fourth-order valence-corrected chi connectivity index (χ4v) is 2.27. The fourth-order valence-electron chi connectivity index (χ4n) is 1.86. The van der Waals surface area contributed by atoms with E-state index in [1.165, 1.54) is 12.1 Å². The fraction of sp³-hybridized carbons (Fsp3) is 0. The van der Waals surface area contributed by atoms with E-state index in [1.807, 2.05) is 0 Å². The van der Waals surface area contributed by atoms with Gasteiger partial charge in [0.1, 0.15) is 5.15 Å². The summed E-state index contributed by atoms with van der Waals surface area (Å²) in [5.41, 5.74) is 0.421. The van der Waals surface area contributed by atoms with Crippen molar-refractivity contribution in [1.82, 2.24) is 9.97 Å². The van der Waals surface area contributed by atoms with Crippen LogP contribution in [0.5, 0.6) is 0 Å². The summed E-state index contributed by atoms with van der Waals surface area (Å²) < 4.78 is 27.0. The number of rotatable bonds is 1. The molecule has 20 heavy (non-hydrogen) atoms. The molecule has 0 aliphatic carbocycles. The molecule has 6 heteroatoms. The lowest BCUT2D eigenvalue weighted by Gasteiger charge is -2.06. The molecule has 0 bridgehead atoms. The number of nitrogens with zero attached hydrogens (tertiary/aromatic N) is 2. The van der Waals surface area contributed by atoms with Crippen LogP contribution >= 0.6 is 23.2 Å². The van der Waals surface area contributed by atoms with E-state index in [-0.39, 0.29) is 16.5 Å². The second-order valence-corrected chi connectivity index (χ2v) is 4.90. The van der Waals surface area contributed by atoms with Gasteiger partial charge in [-0.05, 0) is 30.3 Å². The Balaban J connectivity index is 2.29. The van der Waals surface area contributed by atoms with Crippen LogP contribution in [0.25, 0.3) is 22.3 Å². The van der Waals surface area contributed by atoms with Crippen LogP contribution in [-0.2, 0) is 0 Å². The average Bonchev–Trinajstić information content (AvgIpc) is 2.41. The molecule has 0 unspecified atom stereocenters. The van der Waals surface area contributed by atoms with Crippen LogP contribution in [0.2, 0.25) is 10.2 Å². The molecular weight excluding hydrogens is 305 g/mol. The lowest BCUT2D eigenvalue weighted by atomic mass is 10.1. The first kappa shape index (κ1) is 13.2. The first-order chi connectivity index (χ1) is 9.56. The standard InChI is InChI=1S/C14H6Cl2F2N2/c15-7-4-5-8-11(6-7)19-14(20-13(8)16)9-2-1-3-10(17)12(9)18/h1-6H. The zero-order chi connectivity index (χ0) is 14.3. The molecule has 2 nitrogen and oxygen atoms in total. The van der Waals surface area contributed by atoms with E-state index < -0.39 is 11.6 Å². The normalized spacial score (nSPS) is 11.0. The first-order valence-electron chi connectivity index (χ1n) is 5.63. The minimum Gasteiger partial charge on any atom is -0.228 e. The number of hydrogen-bond donors (Lipinski definition) is 0. The summed E-state index contributed by atoms with van der Waals surface area (Å²) in [5, 5.41) is 1.22. The van der Waals surface area contributed by atoms with Gasteiger partial charge in [-0.3, -0.25) is 0 Å². The molecular formula is C14H6Cl2F2N2. The van der Waals surface area contributed by atoms with Crippen molar-refractivity contribution in [2.75, 3.05) is 0 Å². The molecule has 2 aromatic carbocycles. The minimum atomic E-state index is -1.01. The predicted octanol–water partition coefficient (Wildman–Crippen LogP) is 4.88. The van der Waals surface area contributed by atoms with E-state index in [1.54, 1.807) is 18.2 Å². The van der Waals surface area contributed by atoms with Crippen molar-refractivity contribution in [2.24, 2.45) is 0 Å². The van der Waals surface area contributed by atoms with Crippen LogP contribution in [0.4, 0.5) is 8.78 Å². The monoisotopic (exact) mass is 310 g/mol. The van der Waals surface area contributed by atoms with Gasteiger partial charge in [-0.25, -0.2) is 18.7 Å². The molecule has 0 saturated heterocycles. The maximum absolute atomic E-state index is 13.8. The second-order valence-electron chi connectivity index (χ2n) is 4.10. The molecule has 1 heterocycles. The van der Waals surface area contributed by atoms with E-state index in [0.29, 0.717) is 15.9 Å². The highest BCUT2D eigenvalue weighted by Crippen LogP contribution is 2.28. The van der Waals surface area contributed by atoms with Crippen LogP contribution in [0, 0.1) is 11.6 Å². The van der Waals surface area contributed by atoms with Crippen molar-refractivity contribution in [3.63, 3.8) is 0 Å². The number of hydrogen-bond acceptors (Lipinski definition) is 2. The third kappa shape index (κ3) is 2.21. The highest BCUT2D eigenvalue weighted by atomic mass is 35.5. The summed E-state index contributed by atoms with van der Waals surface area (Å²) in [6, 6.07) is 8.71. The van der Waals surface area contributed by atoms with Gasteiger partial charge in [-0.15, -0.1) is 0 Å². The Morgan fingerprint density at radius 3 is 2.55 bits per heavy atom. The molecule has 100 valence electrons. The molecule has 0 saturated carbocycles. The third-order valence-electron chi connectivity index (χ3n) is 2.80. The van der Waals surface area contributed by atoms with E-state index in [9.17, 15) is 8.78 Å². The van der Waals surface area contributed by atoms with Gasteiger partial charge in [0.05, 0.1) is 11.1 Å². The number of aromatic nitrogens is 2. The van der Waals surface area contributed by atoms with E-state index in [4.69, 9.17) is 23.2 Å².